The number of nitrogens with zero attached hydrogens (tertiary/aromatic N) is 2. The molecule has 3 rings (SSSR count). The van der Waals surface area contributed by atoms with E-state index in [0.29, 0.717) is 5.92 Å². The minimum Gasteiger partial charge on any atom is -0.475 e. The van der Waals surface area contributed by atoms with Gasteiger partial charge in [0.2, 0.25) is 0 Å². The number of piperidine rings is 1. The number of carbonyl (C=O) groups is 1. The number of aliphatic carboxylic acids is 1. The van der Waals surface area contributed by atoms with Crippen molar-refractivity contribution in [1.29, 1.82) is 5.26 Å². The van der Waals surface area contributed by atoms with Crippen LogP contribution in [0.2, 0.25) is 0 Å². The number of halogens is 3. The maximum absolute atomic E-state index is 10.6. The third-order valence-corrected chi connectivity index (χ3v) is 4.54. The van der Waals surface area contributed by atoms with E-state index in [0.717, 1.165) is 25.3 Å². The van der Waals surface area contributed by atoms with E-state index in [1.807, 2.05) is 12.1 Å². The lowest BCUT2D eigenvalue weighted by Crippen LogP contribution is -2.48. The number of rotatable bonds is 1. The maximum atomic E-state index is 10.6. The topological polar surface area (TPSA) is 73.6 Å². The zero-order valence-corrected chi connectivity index (χ0v) is 14.4. The minimum absolute atomic E-state index is 0.0750. The minimum atomic E-state index is -5.08. The molecule has 2 atom stereocenters. The van der Waals surface area contributed by atoms with Crippen LogP contribution in [0.25, 0.3) is 0 Å². The second-order valence-corrected chi connectivity index (χ2v) is 6.79. The van der Waals surface area contributed by atoms with Crippen molar-refractivity contribution in [2.24, 2.45) is 5.92 Å². The highest BCUT2D eigenvalue weighted by Gasteiger charge is 2.42. The van der Waals surface area contributed by atoms with Crippen LogP contribution in [-0.2, 0) is 9.53 Å². The molecule has 1 N–H and O–H groups in total. The van der Waals surface area contributed by atoms with E-state index in [4.69, 9.17) is 19.9 Å². The molecule has 0 bridgehead atoms. The summed E-state index contributed by atoms with van der Waals surface area (Å²) >= 11 is 0. The number of hydrogen-bond donors (Lipinski definition) is 1. The summed E-state index contributed by atoms with van der Waals surface area (Å²) in [5.41, 5.74) is 2.01. The van der Waals surface area contributed by atoms with Crippen LogP contribution >= 0.6 is 0 Å². The summed E-state index contributed by atoms with van der Waals surface area (Å²) in [7, 11) is 0. The van der Waals surface area contributed by atoms with Gasteiger partial charge >= 0.3 is 12.1 Å². The number of alkyl halides is 3. The molecule has 1 aromatic rings. The average molecular weight is 370 g/mol. The van der Waals surface area contributed by atoms with Crippen LogP contribution in [0.1, 0.15) is 31.7 Å². The first-order valence-corrected chi connectivity index (χ1v) is 8.34. The summed E-state index contributed by atoms with van der Waals surface area (Å²) in [6.45, 7) is 5.26. The second-order valence-electron chi connectivity index (χ2n) is 6.79. The first kappa shape index (κ1) is 20.0. The van der Waals surface area contributed by atoms with E-state index in [9.17, 15) is 13.2 Å². The lowest BCUT2D eigenvalue weighted by Gasteiger charge is -2.41. The van der Waals surface area contributed by atoms with Crippen LogP contribution in [0.5, 0.6) is 0 Å². The molecule has 1 aromatic carbocycles. The summed E-state index contributed by atoms with van der Waals surface area (Å²) in [4.78, 5) is 11.3. The Kier molecular flexibility index (Phi) is 6.13. The molecule has 26 heavy (non-hydrogen) atoms. The maximum Gasteiger partial charge on any atom is 0.490 e. The Labute approximate surface area is 150 Å². The van der Waals surface area contributed by atoms with Crippen LogP contribution in [-0.4, -0.2) is 42.5 Å². The summed E-state index contributed by atoms with van der Waals surface area (Å²) in [5.74, 6) is -2.08. The molecule has 0 aliphatic carbocycles. The van der Waals surface area contributed by atoms with Crippen LogP contribution in [0.15, 0.2) is 24.3 Å². The highest BCUT2D eigenvalue weighted by atomic mass is 19.4. The van der Waals surface area contributed by atoms with Gasteiger partial charge < -0.3 is 14.7 Å². The molecule has 0 aromatic heterocycles. The third kappa shape index (κ3) is 5.11. The smallest absolute Gasteiger partial charge is 0.475 e. The number of carboxylic acids is 1. The second kappa shape index (κ2) is 7.96. The van der Waals surface area contributed by atoms with Gasteiger partial charge in [-0.05, 0) is 49.4 Å². The van der Waals surface area contributed by atoms with Gasteiger partial charge in [-0.2, -0.15) is 18.4 Å². The molecule has 2 fully saturated rings. The van der Waals surface area contributed by atoms with Crippen LogP contribution < -0.4 is 4.90 Å². The van der Waals surface area contributed by atoms with Crippen molar-refractivity contribution in [3.8, 4) is 6.07 Å². The normalized spacial score (nSPS) is 25.3. The Morgan fingerprint density at radius 3 is 2.46 bits per heavy atom. The van der Waals surface area contributed by atoms with Gasteiger partial charge in [-0.15, -0.1) is 0 Å². The molecule has 2 aliphatic heterocycles. The Bertz CT molecular complexity index is 666. The van der Waals surface area contributed by atoms with Gasteiger partial charge in [0.15, 0.2) is 0 Å². The molecule has 2 aliphatic rings. The fourth-order valence-corrected chi connectivity index (χ4v) is 3.42. The number of nitriles is 1. The van der Waals surface area contributed by atoms with Gasteiger partial charge in [0.05, 0.1) is 23.8 Å². The van der Waals surface area contributed by atoms with Gasteiger partial charge in [-0.3, -0.25) is 0 Å². The monoisotopic (exact) mass is 370 g/mol. The van der Waals surface area contributed by atoms with Gasteiger partial charge in [0.25, 0.3) is 0 Å². The number of benzene rings is 1. The Balaban J connectivity index is 0.000000298. The third-order valence-electron chi connectivity index (χ3n) is 4.54. The largest absolute Gasteiger partial charge is 0.490 e. The standard InChI is InChI=1S/C16H20N2O.C2HF3O2/c1-13-9-16(19-11-13)7-2-8-18(12-16)15-5-3-14(10-17)4-6-15;3-2(4,5)1(6)7/h3-6,13H,2,7-9,11-12H2,1H3;(H,6,7). The average Bonchev–Trinajstić information content (AvgIpc) is 2.94. The number of ether oxygens (including phenoxy) is 1. The van der Waals surface area contributed by atoms with Gasteiger partial charge in [0.1, 0.15) is 0 Å². The van der Waals surface area contributed by atoms with Crippen molar-refractivity contribution < 1.29 is 27.8 Å². The van der Waals surface area contributed by atoms with Gasteiger partial charge in [0, 0.05) is 18.8 Å². The number of anilines is 1. The van der Waals surface area contributed by atoms with Crippen molar-refractivity contribution in [1.82, 2.24) is 0 Å². The summed E-state index contributed by atoms with van der Waals surface area (Å²) in [5, 5.41) is 16.0. The van der Waals surface area contributed by atoms with E-state index < -0.39 is 12.1 Å². The van der Waals surface area contributed by atoms with Gasteiger partial charge in [-0.25, -0.2) is 4.79 Å². The first-order chi connectivity index (χ1) is 12.1. The zero-order chi connectivity index (χ0) is 19.4. The molecular formula is C18H21F3N2O3. The molecule has 2 heterocycles. The molecule has 2 saturated heterocycles. The lowest BCUT2D eigenvalue weighted by atomic mass is 9.87. The summed E-state index contributed by atoms with van der Waals surface area (Å²) in [6, 6.07) is 10.1. The van der Waals surface area contributed by atoms with Gasteiger partial charge in [-0.1, -0.05) is 6.92 Å². The Hall–Kier alpha value is -2.27. The predicted molar refractivity (Wildman–Crippen MR) is 88.8 cm³/mol. The fourth-order valence-electron chi connectivity index (χ4n) is 3.42. The molecule has 142 valence electrons. The SMILES string of the molecule is CC1COC2(CCCN(c3ccc(C#N)cc3)C2)C1.O=C(O)C(F)(F)F. The molecule has 5 nitrogen and oxygen atoms in total. The zero-order valence-electron chi connectivity index (χ0n) is 14.4. The molecule has 2 unspecified atom stereocenters. The molecule has 8 heteroatoms. The van der Waals surface area contributed by atoms with Crippen LogP contribution in [0, 0.1) is 17.2 Å². The first-order valence-electron chi connectivity index (χ1n) is 8.34. The summed E-state index contributed by atoms with van der Waals surface area (Å²) < 4.78 is 37.8. The van der Waals surface area contributed by atoms with E-state index in [-0.39, 0.29) is 5.60 Å². The van der Waals surface area contributed by atoms with Crippen molar-refractivity contribution in [2.45, 2.75) is 38.0 Å². The van der Waals surface area contributed by atoms with E-state index in [2.05, 4.69) is 30.0 Å². The van der Waals surface area contributed by atoms with Crippen molar-refractivity contribution in [3.63, 3.8) is 0 Å². The Morgan fingerprint density at radius 1 is 1.38 bits per heavy atom. The molecule has 0 radical (unpaired) electrons. The van der Waals surface area contributed by atoms with E-state index in [1.165, 1.54) is 24.9 Å². The lowest BCUT2D eigenvalue weighted by molar-refractivity contribution is -0.192. The molecular weight excluding hydrogens is 349 g/mol. The number of carboxylic acid groups (broad SMARTS) is 1. The molecule has 0 saturated carbocycles. The van der Waals surface area contributed by atoms with Crippen molar-refractivity contribution in [3.05, 3.63) is 29.8 Å². The summed E-state index contributed by atoms with van der Waals surface area (Å²) in [6.07, 6.45) is -1.53. The van der Waals surface area contributed by atoms with Crippen molar-refractivity contribution in [2.75, 3.05) is 24.6 Å². The highest BCUT2D eigenvalue weighted by molar-refractivity contribution is 5.73. The van der Waals surface area contributed by atoms with Crippen LogP contribution in [0.3, 0.4) is 0 Å². The molecule has 1 spiro atoms. The fraction of sp³-hybridized carbons (Fsp3) is 0.556. The van der Waals surface area contributed by atoms with Crippen LogP contribution in [0.4, 0.5) is 18.9 Å². The van der Waals surface area contributed by atoms with E-state index in [1.54, 1.807) is 0 Å². The Morgan fingerprint density at radius 2 is 2.00 bits per heavy atom. The number of hydrogen-bond acceptors (Lipinski definition) is 4. The molecule has 0 amide bonds. The quantitative estimate of drug-likeness (QED) is 0.818. The predicted octanol–water partition coefficient (Wildman–Crippen LogP) is 3.59. The van der Waals surface area contributed by atoms with E-state index >= 15 is 0 Å². The van der Waals surface area contributed by atoms with Crippen molar-refractivity contribution >= 4 is 11.7 Å². The highest BCUT2D eigenvalue weighted by Crippen LogP contribution is 2.38.